The number of rotatable bonds is 3. The average molecular weight is 292 g/mol. The van der Waals surface area contributed by atoms with Crippen LogP contribution in [-0.4, -0.2) is 52.6 Å². The molecule has 114 valence electrons. The Morgan fingerprint density at radius 2 is 2.10 bits per heavy atom. The number of aromatic hydroxyl groups is 1. The van der Waals surface area contributed by atoms with Crippen molar-refractivity contribution in [3.8, 4) is 5.75 Å². The number of amidine groups is 1. The van der Waals surface area contributed by atoms with Gasteiger partial charge in [0.2, 0.25) is 0 Å². The van der Waals surface area contributed by atoms with Crippen LogP contribution in [0.2, 0.25) is 0 Å². The van der Waals surface area contributed by atoms with Crippen molar-refractivity contribution in [2.45, 2.75) is 18.4 Å². The Labute approximate surface area is 123 Å². The van der Waals surface area contributed by atoms with E-state index in [2.05, 4.69) is 15.4 Å². The molecule has 0 aromatic heterocycles. The first-order chi connectivity index (χ1) is 9.97. The van der Waals surface area contributed by atoms with Crippen molar-refractivity contribution in [1.29, 1.82) is 0 Å². The number of oxime groups is 1. The van der Waals surface area contributed by atoms with Gasteiger partial charge in [-0.3, -0.25) is 4.79 Å². The van der Waals surface area contributed by atoms with Crippen LogP contribution in [0.1, 0.15) is 23.2 Å². The molecule has 0 aliphatic carbocycles. The molecular formula is C14H20N4O3. The third kappa shape index (κ3) is 3.25. The van der Waals surface area contributed by atoms with Crippen LogP contribution < -0.4 is 11.1 Å². The maximum Gasteiger partial charge on any atom is 0.252 e. The SMILES string of the molecule is CN1CCC(NC(=O)c2cccc(O)c2)(/C(N)=N/O)CC1. The van der Waals surface area contributed by atoms with Gasteiger partial charge in [-0.2, -0.15) is 0 Å². The number of phenols is 1. The Hall–Kier alpha value is -2.28. The van der Waals surface area contributed by atoms with E-state index >= 15 is 0 Å². The Morgan fingerprint density at radius 1 is 1.43 bits per heavy atom. The Balaban J connectivity index is 2.21. The number of carbonyl (C=O) groups excluding carboxylic acids is 1. The molecule has 1 aliphatic rings. The number of phenolic OH excluding ortho intramolecular Hbond substituents is 1. The van der Waals surface area contributed by atoms with Crippen LogP contribution in [0.5, 0.6) is 5.75 Å². The predicted molar refractivity (Wildman–Crippen MR) is 78.4 cm³/mol. The summed E-state index contributed by atoms with van der Waals surface area (Å²) >= 11 is 0. The molecule has 1 amide bonds. The first kappa shape index (κ1) is 15.1. The lowest BCUT2D eigenvalue weighted by molar-refractivity contribution is 0.0886. The highest BCUT2D eigenvalue weighted by atomic mass is 16.4. The maximum absolute atomic E-state index is 12.3. The molecule has 0 unspecified atom stereocenters. The standard InChI is InChI=1S/C14H20N4O3/c1-18-7-5-14(6-8-18,13(15)17-21)16-12(20)10-3-2-4-11(19)9-10/h2-4,9,19,21H,5-8H2,1H3,(H2,15,17)(H,16,20). The average Bonchev–Trinajstić information content (AvgIpc) is 2.49. The first-order valence-electron chi connectivity index (χ1n) is 6.75. The molecule has 1 saturated heterocycles. The highest BCUT2D eigenvalue weighted by Crippen LogP contribution is 2.23. The number of piperidine rings is 1. The summed E-state index contributed by atoms with van der Waals surface area (Å²) in [5, 5.41) is 24.4. The second-order valence-corrected chi connectivity index (χ2v) is 5.38. The lowest BCUT2D eigenvalue weighted by Crippen LogP contribution is -2.62. The minimum Gasteiger partial charge on any atom is -0.508 e. The van der Waals surface area contributed by atoms with Crippen LogP contribution in [0.25, 0.3) is 0 Å². The zero-order valence-electron chi connectivity index (χ0n) is 11.9. The molecule has 0 bridgehead atoms. The first-order valence-corrected chi connectivity index (χ1v) is 6.75. The molecule has 0 spiro atoms. The minimum atomic E-state index is -0.857. The molecule has 1 aliphatic heterocycles. The maximum atomic E-state index is 12.3. The molecule has 7 heteroatoms. The van der Waals surface area contributed by atoms with Gasteiger partial charge in [0.25, 0.3) is 5.91 Å². The molecule has 1 fully saturated rings. The van der Waals surface area contributed by atoms with Gasteiger partial charge >= 0.3 is 0 Å². The third-order valence-corrected chi connectivity index (χ3v) is 3.90. The highest BCUT2D eigenvalue weighted by molar-refractivity contribution is 6.00. The summed E-state index contributed by atoms with van der Waals surface area (Å²) in [6, 6.07) is 6.06. The summed E-state index contributed by atoms with van der Waals surface area (Å²) in [6.45, 7) is 1.47. The second kappa shape index (κ2) is 6.01. The van der Waals surface area contributed by atoms with Gasteiger partial charge in [-0.05, 0) is 38.1 Å². The lowest BCUT2D eigenvalue weighted by atomic mass is 9.86. The number of likely N-dealkylation sites (tertiary alicyclic amines) is 1. The molecule has 7 nitrogen and oxygen atoms in total. The van der Waals surface area contributed by atoms with E-state index < -0.39 is 5.54 Å². The number of hydrogen-bond acceptors (Lipinski definition) is 5. The topological polar surface area (TPSA) is 111 Å². The van der Waals surface area contributed by atoms with Gasteiger partial charge in [0.1, 0.15) is 11.3 Å². The summed E-state index contributed by atoms with van der Waals surface area (Å²) < 4.78 is 0. The number of nitrogens with two attached hydrogens (primary N) is 1. The zero-order chi connectivity index (χ0) is 15.5. The number of benzene rings is 1. The van der Waals surface area contributed by atoms with E-state index in [0.717, 1.165) is 13.1 Å². The highest BCUT2D eigenvalue weighted by Gasteiger charge is 2.39. The quantitative estimate of drug-likeness (QED) is 0.278. The van der Waals surface area contributed by atoms with E-state index in [4.69, 9.17) is 10.9 Å². The molecule has 0 atom stereocenters. The van der Waals surface area contributed by atoms with E-state index in [1.165, 1.54) is 12.1 Å². The van der Waals surface area contributed by atoms with Gasteiger partial charge in [-0.15, -0.1) is 0 Å². The molecule has 5 N–H and O–H groups in total. The van der Waals surface area contributed by atoms with Crippen LogP contribution in [0.15, 0.2) is 29.4 Å². The van der Waals surface area contributed by atoms with Crippen LogP contribution in [0.4, 0.5) is 0 Å². The van der Waals surface area contributed by atoms with Crippen molar-refractivity contribution in [2.75, 3.05) is 20.1 Å². The van der Waals surface area contributed by atoms with Crippen molar-refractivity contribution in [3.63, 3.8) is 0 Å². The largest absolute Gasteiger partial charge is 0.508 e. The van der Waals surface area contributed by atoms with Crippen LogP contribution in [0, 0.1) is 0 Å². The van der Waals surface area contributed by atoms with Crippen LogP contribution >= 0.6 is 0 Å². The normalized spacial score (nSPS) is 19.2. The fourth-order valence-corrected chi connectivity index (χ4v) is 2.48. The van der Waals surface area contributed by atoms with Crippen molar-refractivity contribution < 1.29 is 15.1 Å². The summed E-state index contributed by atoms with van der Waals surface area (Å²) in [5.74, 6) is -0.338. The van der Waals surface area contributed by atoms with E-state index in [1.807, 2.05) is 7.05 Å². The molecule has 1 heterocycles. The summed E-state index contributed by atoms with van der Waals surface area (Å²) in [6.07, 6.45) is 1.12. The number of carbonyl (C=O) groups is 1. The summed E-state index contributed by atoms with van der Waals surface area (Å²) in [5.41, 5.74) is 5.28. The van der Waals surface area contributed by atoms with Gasteiger partial charge in [0, 0.05) is 18.7 Å². The predicted octanol–water partition coefficient (Wildman–Crippen LogP) is 0.333. The Bertz CT molecular complexity index is 551. The third-order valence-electron chi connectivity index (χ3n) is 3.90. The molecule has 0 radical (unpaired) electrons. The van der Waals surface area contributed by atoms with E-state index in [0.29, 0.717) is 18.4 Å². The van der Waals surface area contributed by atoms with E-state index in [9.17, 15) is 9.90 Å². The van der Waals surface area contributed by atoms with E-state index in [-0.39, 0.29) is 17.5 Å². The van der Waals surface area contributed by atoms with Gasteiger partial charge in [-0.1, -0.05) is 11.2 Å². The Kier molecular flexibility index (Phi) is 4.32. The van der Waals surface area contributed by atoms with Gasteiger partial charge in [0.05, 0.1) is 0 Å². The number of nitrogens with one attached hydrogen (secondary N) is 1. The molecule has 1 aromatic carbocycles. The fraction of sp³-hybridized carbons (Fsp3) is 0.429. The van der Waals surface area contributed by atoms with Crippen molar-refractivity contribution >= 4 is 11.7 Å². The van der Waals surface area contributed by atoms with Gasteiger partial charge in [-0.25, -0.2) is 0 Å². The van der Waals surface area contributed by atoms with E-state index in [1.54, 1.807) is 12.1 Å². The van der Waals surface area contributed by atoms with Crippen molar-refractivity contribution in [3.05, 3.63) is 29.8 Å². The van der Waals surface area contributed by atoms with Crippen LogP contribution in [-0.2, 0) is 0 Å². The van der Waals surface area contributed by atoms with Gasteiger partial charge in [0.15, 0.2) is 5.84 Å². The second-order valence-electron chi connectivity index (χ2n) is 5.38. The van der Waals surface area contributed by atoms with Gasteiger partial charge < -0.3 is 26.3 Å². The summed E-state index contributed by atoms with van der Waals surface area (Å²) in [7, 11) is 1.98. The molecule has 21 heavy (non-hydrogen) atoms. The number of nitrogens with zero attached hydrogens (tertiary/aromatic N) is 2. The fourth-order valence-electron chi connectivity index (χ4n) is 2.48. The number of hydrogen-bond donors (Lipinski definition) is 4. The lowest BCUT2D eigenvalue weighted by Gasteiger charge is -2.40. The summed E-state index contributed by atoms with van der Waals surface area (Å²) in [4.78, 5) is 14.5. The zero-order valence-corrected chi connectivity index (χ0v) is 11.9. The smallest absolute Gasteiger partial charge is 0.252 e. The molecule has 2 rings (SSSR count). The monoisotopic (exact) mass is 292 g/mol. The molecular weight excluding hydrogens is 272 g/mol. The molecule has 1 aromatic rings. The van der Waals surface area contributed by atoms with Crippen LogP contribution in [0.3, 0.4) is 0 Å². The molecule has 0 saturated carbocycles. The number of amides is 1. The van der Waals surface area contributed by atoms with Crippen molar-refractivity contribution in [1.82, 2.24) is 10.2 Å². The van der Waals surface area contributed by atoms with Crippen molar-refractivity contribution in [2.24, 2.45) is 10.9 Å². The minimum absolute atomic E-state index is 0.00380. The Morgan fingerprint density at radius 3 is 2.67 bits per heavy atom.